The molecule has 0 saturated heterocycles. The molecule has 70 valence electrons. The second kappa shape index (κ2) is 4.41. The summed E-state index contributed by atoms with van der Waals surface area (Å²) in [5, 5.41) is 0.395. The Kier molecular flexibility index (Phi) is 3.48. The van der Waals surface area contributed by atoms with Crippen molar-refractivity contribution < 1.29 is 13.6 Å². The van der Waals surface area contributed by atoms with Crippen LogP contribution < -0.4 is 0 Å². The third-order valence-corrected chi connectivity index (χ3v) is 2.06. The summed E-state index contributed by atoms with van der Waals surface area (Å²) < 4.78 is 24.6. The molecule has 0 fully saturated rings. The topological polar surface area (TPSA) is 30.0 Å². The lowest BCUT2D eigenvalue weighted by Crippen LogP contribution is -1.99. The van der Waals surface area contributed by atoms with E-state index in [0.29, 0.717) is 17.3 Å². The number of hydrogen-bond acceptors (Lipinski definition) is 2. The van der Waals surface area contributed by atoms with Gasteiger partial charge in [-0.3, -0.25) is 9.78 Å². The molecule has 0 amide bonds. The maximum atomic E-state index is 12.3. The van der Waals surface area contributed by atoms with Crippen molar-refractivity contribution in [3.63, 3.8) is 0 Å². The largest absolute Gasteiger partial charge is 0.298 e. The Bertz CT molecular complexity index is 317. The molecule has 0 bridgehead atoms. The summed E-state index contributed by atoms with van der Waals surface area (Å²) in [6.45, 7) is 0. The molecule has 1 aromatic heterocycles. The molecular weight excluding hydrogens is 244 g/mol. The fourth-order valence-electron chi connectivity index (χ4n) is 0.877. The monoisotopic (exact) mass is 249 g/mol. The number of hydrogen-bond donors (Lipinski definition) is 0. The number of aldehydes is 1. The molecule has 5 heteroatoms. The third kappa shape index (κ3) is 2.30. The maximum absolute atomic E-state index is 12.3. The van der Waals surface area contributed by atoms with E-state index in [-0.39, 0.29) is 5.56 Å². The first-order valence-corrected chi connectivity index (χ1v) is 4.60. The predicted octanol–water partition coefficient (Wildman–Crippen LogP) is 2.73. The second-order valence-electron chi connectivity index (χ2n) is 2.33. The van der Waals surface area contributed by atoms with Crippen molar-refractivity contribution >= 4 is 22.2 Å². The zero-order valence-corrected chi connectivity index (χ0v) is 8.09. The quantitative estimate of drug-likeness (QED) is 0.609. The first-order valence-electron chi connectivity index (χ1n) is 3.48. The number of pyridine rings is 1. The highest BCUT2D eigenvalue weighted by atomic mass is 79.9. The van der Waals surface area contributed by atoms with Gasteiger partial charge in [-0.05, 0) is 12.1 Å². The highest BCUT2D eigenvalue weighted by Gasteiger charge is 2.14. The van der Waals surface area contributed by atoms with Gasteiger partial charge < -0.3 is 0 Å². The van der Waals surface area contributed by atoms with Crippen molar-refractivity contribution in [2.45, 2.75) is 11.8 Å². The molecule has 1 rings (SSSR count). The fourth-order valence-corrected chi connectivity index (χ4v) is 1.19. The average Bonchev–Trinajstić information content (AvgIpc) is 2.16. The highest BCUT2D eigenvalue weighted by Crippen LogP contribution is 2.20. The van der Waals surface area contributed by atoms with Crippen molar-refractivity contribution in [1.82, 2.24) is 4.98 Å². The van der Waals surface area contributed by atoms with Gasteiger partial charge >= 0.3 is 0 Å². The van der Waals surface area contributed by atoms with Crippen LogP contribution in [0.4, 0.5) is 8.78 Å². The minimum atomic E-state index is -2.71. The van der Waals surface area contributed by atoms with Crippen LogP contribution in [0.15, 0.2) is 12.1 Å². The third-order valence-electron chi connectivity index (χ3n) is 1.49. The van der Waals surface area contributed by atoms with Crippen LogP contribution in [0.3, 0.4) is 0 Å². The number of carbonyl (C=O) groups is 1. The van der Waals surface area contributed by atoms with Crippen LogP contribution in [0.5, 0.6) is 0 Å². The van der Waals surface area contributed by atoms with Gasteiger partial charge in [-0.25, -0.2) is 8.78 Å². The van der Waals surface area contributed by atoms with Crippen molar-refractivity contribution in [3.8, 4) is 0 Å². The van der Waals surface area contributed by atoms with E-state index in [4.69, 9.17) is 0 Å². The van der Waals surface area contributed by atoms with Crippen molar-refractivity contribution in [3.05, 3.63) is 29.1 Å². The normalized spacial score (nSPS) is 10.5. The van der Waals surface area contributed by atoms with Gasteiger partial charge in [0.2, 0.25) is 0 Å². The molecule has 2 nitrogen and oxygen atoms in total. The molecule has 13 heavy (non-hydrogen) atoms. The van der Waals surface area contributed by atoms with Gasteiger partial charge in [0.25, 0.3) is 6.43 Å². The Labute approximate surface area is 82.1 Å². The number of rotatable bonds is 3. The smallest absolute Gasteiger partial charge is 0.281 e. The van der Waals surface area contributed by atoms with E-state index in [9.17, 15) is 13.6 Å². The Morgan fingerprint density at radius 2 is 2.23 bits per heavy atom. The van der Waals surface area contributed by atoms with Crippen LogP contribution >= 0.6 is 15.9 Å². The zero-order chi connectivity index (χ0) is 9.84. The fraction of sp³-hybridized carbons (Fsp3) is 0.250. The summed E-state index contributed by atoms with van der Waals surface area (Å²) >= 11 is 3.09. The van der Waals surface area contributed by atoms with Crippen LogP contribution in [0.25, 0.3) is 0 Å². The van der Waals surface area contributed by atoms with Crippen LogP contribution in [0, 0.1) is 0 Å². The molecule has 0 unspecified atom stereocenters. The van der Waals surface area contributed by atoms with Gasteiger partial charge in [0, 0.05) is 10.9 Å². The molecule has 0 atom stereocenters. The first kappa shape index (κ1) is 10.2. The molecule has 0 aromatic carbocycles. The van der Waals surface area contributed by atoms with Crippen molar-refractivity contribution in [1.29, 1.82) is 0 Å². The van der Waals surface area contributed by atoms with E-state index in [2.05, 4.69) is 20.9 Å². The highest BCUT2D eigenvalue weighted by molar-refractivity contribution is 9.08. The summed E-state index contributed by atoms with van der Waals surface area (Å²) in [4.78, 5) is 14.0. The van der Waals surface area contributed by atoms with E-state index in [1.165, 1.54) is 12.1 Å². The number of halogens is 3. The number of aromatic nitrogens is 1. The molecule has 0 aliphatic carbocycles. The van der Waals surface area contributed by atoms with E-state index < -0.39 is 12.1 Å². The van der Waals surface area contributed by atoms with Gasteiger partial charge in [-0.1, -0.05) is 15.9 Å². The van der Waals surface area contributed by atoms with Gasteiger partial charge in [0.05, 0.1) is 5.69 Å². The molecule has 1 aromatic rings. The van der Waals surface area contributed by atoms with Crippen molar-refractivity contribution in [2.24, 2.45) is 0 Å². The van der Waals surface area contributed by atoms with Crippen LogP contribution in [0.1, 0.15) is 28.2 Å². The summed E-state index contributed by atoms with van der Waals surface area (Å²) in [5.41, 5.74) is -0.0208. The average molecular weight is 250 g/mol. The lowest BCUT2D eigenvalue weighted by molar-refractivity contribution is 0.110. The standard InChI is InChI=1S/C8H6BrF2NO/c9-3-6-2-1-5(4-13)7(12-6)8(10)11/h1-2,4,8H,3H2. The van der Waals surface area contributed by atoms with Gasteiger partial charge in [-0.2, -0.15) is 0 Å². The molecule has 0 radical (unpaired) electrons. The maximum Gasteiger partial charge on any atom is 0.281 e. The van der Waals surface area contributed by atoms with Crippen LogP contribution in [0.2, 0.25) is 0 Å². The lowest BCUT2D eigenvalue weighted by Gasteiger charge is -2.03. The molecule has 0 aliphatic heterocycles. The van der Waals surface area contributed by atoms with Gasteiger partial charge in [0.1, 0.15) is 5.69 Å². The molecular formula is C8H6BrF2NO. The Morgan fingerprint density at radius 1 is 1.54 bits per heavy atom. The minimum Gasteiger partial charge on any atom is -0.298 e. The summed E-state index contributed by atoms with van der Waals surface area (Å²) in [6.07, 6.45) is -2.33. The van der Waals surface area contributed by atoms with Gasteiger partial charge in [0.15, 0.2) is 6.29 Å². The number of alkyl halides is 3. The molecule has 0 spiro atoms. The molecule has 0 aliphatic rings. The Hall–Kier alpha value is -0.840. The van der Waals surface area contributed by atoms with Crippen LogP contribution in [-0.4, -0.2) is 11.3 Å². The Balaban J connectivity index is 3.17. The number of carbonyl (C=O) groups excluding carboxylic acids is 1. The van der Waals surface area contributed by atoms with E-state index in [0.717, 1.165) is 0 Å². The van der Waals surface area contributed by atoms with E-state index in [1.54, 1.807) is 0 Å². The summed E-state index contributed by atoms with van der Waals surface area (Å²) in [7, 11) is 0. The number of nitrogens with zero attached hydrogens (tertiary/aromatic N) is 1. The lowest BCUT2D eigenvalue weighted by atomic mass is 10.2. The Morgan fingerprint density at radius 3 is 2.69 bits per heavy atom. The molecule has 0 saturated carbocycles. The summed E-state index contributed by atoms with van der Waals surface area (Å²) in [5.74, 6) is 0. The summed E-state index contributed by atoms with van der Waals surface area (Å²) in [6, 6.07) is 2.88. The van der Waals surface area contributed by atoms with Crippen molar-refractivity contribution in [2.75, 3.05) is 0 Å². The SMILES string of the molecule is O=Cc1ccc(CBr)nc1C(F)F. The van der Waals surface area contributed by atoms with Gasteiger partial charge in [-0.15, -0.1) is 0 Å². The van der Waals surface area contributed by atoms with Crippen LogP contribution in [-0.2, 0) is 5.33 Å². The second-order valence-corrected chi connectivity index (χ2v) is 2.89. The first-order chi connectivity index (χ1) is 6.19. The van der Waals surface area contributed by atoms with E-state index in [1.807, 2.05) is 0 Å². The van der Waals surface area contributed by atoms with E-state index >= 15 is 0 Å². The zero-order valence-electron chi connectivity index (χ0n) is 6.51. The molecule has 1 heterocycles. The predicted molar refractivity (Wildman–Crippen MR) is 47.2 cm³/mol. The molecule has 0 N–H and O–H groups in total. The minimum absolute atomic E-state index is 0.0558.